The van der Waals surface area contributed by atoms with Crippen LogP contribution in [-0.2, 0) is 4.74 Å². The van der Waals surface area contributed by atoms with Crippen molar-refractivity contribution in [3.05, 3.63) is 35.4 Å². The normalized spacial score (nSPS) is 28.3. The molecule has 0 amide bonds. The predicted molar refractivity (Wildman–Crippen MR) is 85.0 cm³/mol. The molecular formula is C18H29NO. The highest BCUT2D eigenvalue weighted by Crippen LogP contribution is 2.43. The van der Waals surface area contributed by atoms with Gasteiger partial charge < -0.3 is 10.1 Å². The van der Waals surface area contributed by atoms with E-state index in [2.05, 4.69) is 50.4 Å². The van der Waals surface area contributed by atoms with Crippen molar-refractivity contribution in [3.8, 4) is 0 Å². The minimum Gasteiger partial charge on any atom is -0.376 e. The Morgan fingerprint density at radius 1 is 1.30 bits per heavy atom. The minimum atomic E-state index is -0.0470. The number of methoxy groups -OCH3 is 1. The van der Waals surface area contributed by atoms with E-state index < -0.39 is 0 Å². The number of hydrogen-bond donors (Lipinski definition) is 1. The fourth-order valence-electron chi connectivity index (χ4n) is 3.56. The highest BCUT2D eigenvalue weighted by Gasteiger charge is 2.42. The first-order chi connectivity index (χ1) is 9.63. The summed E-state index contributed by atoms with van der Waals surface area (Å²) >= 11 is 0. The lowest BCUT2D eigenvalue weighted by Gasteiger charge is -2.45. The van der Waals surface area contributed by atoms with Crippen LogP contribution < -0.4 is 5.32 Å². The first-order valence-electron chi connectivity index (χ1n) is 7.97. The van der Waals surface area contributed by atoms with E-state index in [-0.39, 0.29) is 5.60 Å². The van der Waals surface area contributed by atoms with Gasteiger partial charge in [-0.1, -0.05) is 38.1 Å². The Morgan fingerprint density at radius 3 is 2.50 bits per heavy atom. The second-order valence-electron chi connectivity index (χ2n) is 6.30. The quantitative estimate of drug-likeness (QED) is 0.868. The van der Waals surface area contributed by atoms with Crippen molar-refractivity contribution in [2.24, 2.45) is 5.92 Å². The molecule has 2 nitrogen and oxygen atoms in total. The molecule has 2 heteroatoms. The molecule has 0 bridgehead atoms. The molecule has 0 saturated heterocycles. The van der Waals surface area contributed by atoms with Crippen molar-refractivity contribution >= 4 is 0 Å². The van der Waals surface area contributed by atoms with Gasteiger partial charge in [0.25, 0.3) is 0 Å². The maximum atomic E-state index is 6.09. The van der Waals surface area contributed by atoms with Crippen LogP contribution in [0.4, 0.5) is 0 Å². The fraction of sp³-hybridized carbons (Fsp3) is 0.667. The average molecular weight is 275 g/mol. The molecule has 20 heavy (non-hydrogen) atoms. The summed E-state index contributed by atoms with van der Waals surface area (Å²) in [5.41, 5.74) is 2.70. The molecule has 1 fully saturated rings. The summed E-state index contributed by atoms with van der Waals surface area (Å²) in [5, 5.41) is 3.69. The highest BCUT2D eigenvalue weighted by atomic mass is 16.5. The third-order valence-corrected chi connectivity index (χ3v) is 4.96. The second-order valence-corrected chi connectivity index (χ2v) is 6.30. The van der Waals surface area contributed by atoms with E-state index >= 15 is 0 Å². The zero-order chi connectivity index (χ0) is 14.6. The van der Waals surface area contributed by atoms with Gasteiger partial charge in [0.05, 0.1) is 11.6 Å². The van der Waals surface area contributed by atoms with Crippen molar-refractivity contribution in [2.45, 2.75) is 58.1 Å². The van der Waals surface area contributed by atoms with E-state index in [1.165, 1.54) is 24.0 Å². The monoisotopic (exact) mass is 275 g/mol. The van der Waals surface area contributed by atoms with Gasteiger partial charge in [0.2, 0.25) is 0 Å². The zero-order valence-corrected chi connectivity index (χ0v) is 13.4. The van der Waals surface area contributed by atoms with Crippen LogP contribution in [0, 0.1) is 12.8 Å². The number of aryl methyl sites for hydroxylation is 1. The fourth-order valence-corrected chi connectivity index (χ4v) is 3.56. The molecule has 0 aliphatic heterocycles. The van der Waals surface area contributed by atoms with Gasteiger partial charge in [0.15, 0.2) is 0 Å². The van der Waals surface area contributed by atoms with E-state index in [9.17, 15) is 0 Å². The van der Waals surface area contributed by atoms with E-state index in [1.807, 2.05) is 7.11 Å². The second kappa shape index (κ2) is 6.73. The predicted octanol–water partition coefficient (Wildman–Crippen LogP) is 4.24. The molecule has 1 aromatic rings. The van der Waals surface area contributed by atoms with Crippen LogP contribution in [0.1, 0.15) is 56.7 Å². The molecule has 1 aromatic carbocycles. The molecule has 2 rings (SSSR count). The van der Waals surface area contributed by atoms with Crippen LogP contribution in [0.3, 0.4) is 0 Å². The Morgan fingerprint density at radius 2 is 1.95 bits per heavy atom. The maximum absolute atomic E-state index is 6.09. The van der Waals surface area contributed by atoms with Gasteiger partial charge in [0, 0.05) is 7.11 Å². The summed E-state index contributed by atoms with van der Waals surface area (Å²) in [4.78, 5) is 0. The number of nitrogens with one attached hydrogen (secondary N) is 1. The van der Waals surface area contributed by atoms with E-state index in [4.69, 9.17) is 4.74 Å². The van der Waals surface area contributed by atoms with Gasteiger partial charge in [0.1, 0.15) is 0 Å². The summed E-state index contributed by atoms with van der Waals surface area (Å²) < 4.78 is 6.09. The zero-order valence-electron chi connectivity index (χ0n) is 13.4. The number of hydrogen-bond acceptors (Lipinski definition) is 2. The summed E-state index contributed by atoms with van der Waals surface area (Å²) in [6.45, 7) is 7.71. The molecule has 0 radical (unpaired) electrons. The largest absolute Gasteiger partial charge is 0.376 e. The summed E-state index contributed by atoms with van der Waals surface area (Å²) in [6, 6.07) is 9.01. The highest BCUT2D eigenvalue weighted by molar-refractivity contribution is 5.31. The van der Waals surface area contributed by atoms with Crippen molar-refractivity contribution in [1.29, 1.82) is 0 Å². The Kier molecular flexibility index (Phi) is 5.22. The Labute approximate surface area is 123 Å². The standard InChI is InChI=1S/C18H29NO/c1-5-19-17(16-9-7-6-8-15(16)3)18(20-4)12-10-14(2)11-13-18/h6-9,14,17,19H,5,10-13H2,1-4H3. The molecular weight excluding hydrogens is 246 g/mol. The lowest BCUT2D eigenvalue weighted by Crippen LogP contribution is -2.48. The molecule has 0 spiro atoms. The van der Waals surface area contributed by atoms with Crippen LogP contribution in [0.2, 0.25) is 0 Å². The number of likely N-dealkylation sites (N-methyl/N-ethyl adjacent to an activating group) is 1. The van der Waals surface area contributed by atoms with Crippen molar-refractivity contribution in [2.75, 3.05) is 13.7 Å². The van der Waals surface area contributed by atoms with Crippen molar-refractivity contribution in [3.63, 3.8) is 0 Å². The van der Waals surface area contributed by atoms with Crippen LogP contribution in [0.25, 0.3) is 0 Å². The summed E-state index contributed by atoms with van der Waals surface area (Å²) in [5.74, 6) is 0.831. The van der Waals surface area contributed by atoms with Crippen molar-refractivity contribution in [1.82, 2.24) is 5.32 Å². The SMILES string of the molecule is CCNC(c1ccccc1C)C1(OC)CCC(C)CC1. The lowest BCUT2D eigenvalue weighted by molar-refractivity contribution is -0.0758. The summed E-state index contributed by atoms with van der Waals surface area (Å²) in [7, 11) is 1.89. The molecule has 1 N–H and O–H groups in total. The van der Waals surface area contributed by atoms with Gasteiger partial charge in [-0.25, -0.2) is 0 Å². The van der Waals surface area contributed by atoms with Gasteiger partial charge in [-0.05, 0) is 56.2 Å². The maximum Gasteiger partial charge on any atom is 0.0872 e. The smallest absolute Gasteiger partial charge is 0.0872 e. The molecule has 1 unspecified atom stereocenters. The number of ether oxygens (including phenoxy) is 1. The van der Waals surface area contributed by atoms with Gasteiger partial charge in [-0.3, -0.25) is 0 Å². The molecule has 1 saturated carbocycles. The number of rotatable bonds is 5. The first kappa shape index (κ1) is 15.5. The molecule has 0 heterocycles. The van der Waals surface area contributed by atoms with Crippen LogP contribution in [0.5, 0.6) is 0 Å². The van der Waals surface area contributed by atoms with Crippen LogP contribution in [-0.4, -0.2) is 19.3 Å². The van der Waals surface area contributed by atoms with Gasteiger partial charge in [-0.15, -0.1) is 0 Å². The van der Waals surface area contributed by atoms with Crippen LogP contribution >= 0.6 is 0 Å². The first-order valence-corrected chi connectivity index (χ1v) is 7.97. The number of benzene rings is 1. The third kappa shape index (κ3) is 3.07. The Balaban J connectivity index is 2.33. The van der Waals surface area contributed by atoms with Crippen molar-refractivity contribution < 1.29 is 4.74 Å². The molecule has 1 atom stereocenters. The summed E-state index contributed by atoms with van der Waals surface area (Å²) in [6.07, 6.45) is 4.83. The molecule has 1 aliphatic rings. The lowest BCUT2D eigenvalue weighted by atomic mass is 9.73. The Hall–Kier alpha value is -0.860. The molecule has 112 valence electrons. The van der Waals surface area contributed by atoms with Gasteiger partial charge in [-0.2, -0.15) is 0 Å². The minimum absolute atomic E-state index is 0.0470. The van der Waals surface area contributed by atoms with E-state index in [0.29, 0.717) is 6.04 Å². The molecule has 1 aliphatic carbocycles. The van der Waals surface area contributed by atoms with E-state index in [1.54, 1.807) is 0 Å². The van der Waals surface area contributed by atoms with Crippen LogP contribution in [0.15, 0.2) is 24.3 Å². The third-order valence-electron chi connectivity index (χ3n) is 4.96. The molecule has 0 aromatic heterocycles. The average Bonchev–Trinajstić information content (AvgIpc) is 2.47. The Bertz CT molecular complexity index is 421. The van der Waals surface area contributed by atoms with E-state index in [0.717, 1.165) is 25.3 Å². The van der Waals surface area contributed by atoms with Gasteiger partial charge >= 0.3 is 0 Å². The topological polar surface area (TPSA) is 21.3 Å².